The van der Waals surface area contributed by atoms with Gasteiger partial charge in [-0.1, -0.05) is 6.08 Å². The number of allylic oxidation sites excluding steroid dienone is 2. The van der Waals surface area contributed by atoms with Crippen LogP contribution in [-0.2, 0) is 4.43 Å². The van der Waals surface area contributed by atoms with Crippen LogP contribution in [0.5, 0.6) is 0 Å². The van der Waals surface area contributed by atoms with Gasteiger partial charge in [0.2, 0.25) is 0 Å². The van der Waals surface area contributed by atoms with Crippen LogP contribution in [-0.4, -0.2) is 46.0 Å². The molecule has 0 aliphatic heterocycles. The molecule has 0 aliphatic rings. The molecule has 0 saturated carbocycles. The van der Waals surface area contributed by atoms with E-state index in [-0.39, 0.29) is 0 Å². The first-order valence-corrected chi connectivity index (χ1v) is 6.81. The Labute approximate surface area is 83.3 Å². The fraction of sp³-hybridized carbons (Fsp3) is 0.778. The van der Waals surface area contributed by atoms with E-state index in [0.29, 0.717) is 0 Å². The molecule has 3 nitrogen and oxygen atoms in total. The maximum Gasteiger partial charge on any atom is 0.414 e. The Hall–Kier alpha value is -0.323. The number of nitrogens with zero attached hydrogens (tertiary/aromatic N) is 2. The lowest BCUT2D eigenvalue weighted by Crippen LogP contribution is -2.60. The summed E-state index contributed by atoms with van der Waals surface area (Å²) >= 11 is 0. The average Bonchev–Trinajstić information content (AvgIpc) is 2.03. The van der Waals surface area contributed by atoms with E-state index in [1.165, 1.54) is 0 Å². The summed E-state index contributed by atoms with van der Waals surface area (Å²) in [5.74, 6) is 0.997. The van der Waals surface area contributed by atoms with Gasteiger partial charge >= 0.3 is 8.64 Å². The first kappa shape index (κ1) is 12.7. The zero-order valence-electron chi connectivity index (χ0n) is 9.88. The molecule has 0 heterocycles. The molecule has 0 atom stereocenters. The molecule has 0 fully saturated rings. The number of hydrogen-bond acceptors (Lipinski definition) is 3. The Kier molecular flexibility index (Phi) is 4.67. The Morgan fingerprint density at radius 1 is 1.15 bits per heavy atom. The molecule has 0 amide bonds. The quantitative estimate of drug-likeness (QED) is 0.509. The average molecular weight is 202 g/mol. The Morgan fingerprint density at radius 2 is 1.54 bits per heavy atom. The molecule has 0 bridgehead atoms. The molecule has 13 heavy (non-hydrogen) atoms. The van der Waals surface area contributed by atoms with Gasteiger partial charge in [0.15, 0.2) is 0 Å². The molecule has 0 aromatic carbocycles. The van der Waals surface area contributed by atoms with Crippen molar-refractivity contribution in [2.45, 2.75) is 20.4 Å². The summed E-state index contributed by atoms with van der Waals surface area (Å²) in [5, 5.41) is 0. The van der Waals surface area contributed by atoms with Crippen LogP contribution in [0.25, 0.3) is 0 Å². The molecular weight excluding hydrogens is 180 g/mol. The van der Waals surface area contributed by atoms with Crippen molar-refractivity contribution in [3.63, 3.8) is 0 Å². The summed E-state index contributed by atoms with van der Waals surface area (Å²) in [6, 6.07) is 0. The van der Waals surface area contributed by atoms with Crippen LogP contribution >= 0.6 is 0 Å². The van der Waals surface area contributed by atoms with Crippen molar-refractivity contribution in [2.75, 3.05) is 28.2 Å². The lowest BCUT2D eigenvalue weighted by Gasteiger charge is -2.38. The summed E-state index contributed by atoms with van der Waals surface area (Å²) in [4.78, 5) is 0. The molecule has 0 radical (unpaired) electrons. The van der Waals surface area contributed by atoms with Gasteiger partial charge in [-0.3, -0.25) is 9.13 Å². The second-order valence-electron chi connectivity index (χ2n) is 3.72. The van der Waals surface area contributed by atoms with Gasteiger partial charge in [-0.05, 0) is 48.6 Å². The van der Waals surface area contributed by atoms with E-state index in [1.807, 2.05) is 19.9 Å². The fourth-order valence-corrected chi connectivity index (χ4v) is 2.84. The van der Waals surface area contributed by atoms with E-state index in [0.717, 1.165) is 5.76 Å². The molecule has 0 unspecified atom stereocenters. The maximum atomic E-state index is 5.96. The minimum Gasteiger partial charge on any atom is -0.522 e. The zero-order valence-corrected chi connectivity index (χ0v) is 10.9. The first-order chi connectivity index (χ1) is 5.84. The molecule has 0 rings (SSSR count). The van der Waals surface area contributed by atoms with E-state index < -0.39 is 8.64 Å². The number of rotatable bonds is 4. The normalized spacial score (nSPS) is 14.1. The van der Waals surface area contributed by atoms with E-state index >= 15 is 0 Å². The van der Waals surface area contributed by atoms with Crippen molar-refractivity contribution in [3.05, 3.63) is 11.8 Å². The summed E-state index contributed by atoms with van der Waals surface area (Å²) < 4.78 is 10.3. The van der Waals surface area contributed by atoms with Gasteiger partial charge in [0, 0.05) is 0 Å². The highest BCUT2D eigenvalue weighted by Crippen LogP contribution is 2.14. The van der Waals surface area contributed by atoms with Gasteiger partial charge < -0.3 is 4.43 Å². The molecule has 0 aromatic heterocycles. The Balaban J connectivity index is 4.61. The monoisotopic (exact) mass is 202 g/mol. The fourth-order valence-electron chi connectivity index (χ4n) is 0.946. The van der Waals surface area contributed by atoms with Crippen LogP contribution < -0.4 is 0 Å². The van der Waals surface area contributed by atoms with Crippen LogP contribution in [0.1, 0.15) is 13.8 Å². The Bertz CT molecular complexity index is 182. The van der Waals surface area contributed by atoms with Crippen LogP contribution in [0.4, 0.5) is 0 Å². The topological polar surface area (TPSA) is 15.7 Å². The Morgan fingerprint density at radius 3 is 1.77 bits per heavy atom. The van der Waals surface area contributed by atoms with Crippen molar-refractivity contribution in [3.8, 4) is 0 Å². The van der Waals surface area contributed by atoms with E-state index in [4.69, 9.17) is 4.43 Å². The van der Waals surface area contributed by atoms with E-state index in [2.05, 4.69) is 43.9 Å². The van der Waals surface area contributed by atoms with Crippen LogP contribution in [0, 0.1) is 0 Å². The maximum absolute atomic E-state index is 5.96. The van der Waals surface area contributed by atoms with Crippen molar-refractivity contribution in [1.29, 1.82) is 0 Å². The minimum atomic E-state index is -1.89. The molecule has 0 spiro atoms. The van der Waals surface area contributed by atoms with Crippen LogP contribution in [0.15, 0.2) is 11.8 Å². The summed E-state index contributed by atoms with van der Waals surface area (Å²) in [5.41, 5.74) is 0. The highest BCUT2D eigenvalue weighted by Gasteiger charge is 2.38. The van der Waals surface area contributed by atoms with Gasteiger partial charge in [0.25, 0.3) is 0 Å². The first-order valence-electron chi connectivity index (χ1n) is 4.51. The van der Waals surface area contributed by atoms with E-state index in [9.17, 15) is 0 Å². The highest BCUT2D eigenvalue weighted by molar-refractivity contribution is 6.66. The molecule has 4 heteroatoms. The summed E-state index contributed by atoms with van der Waals surface area (Å²) in [6.07, 6.45) is 2.00. The highest BCUT2D eigenvalue weighted by atomic mass is 28.4. The smallest absolute Gasteiger partial charge is 0.414 e. The lowest BCUT2D eigenvalue weighted by molar-refractivity contribution is 0.282. The third kappa shape index (κ3) is 3.13. The van der Waals surface area contributed by atoms with Crippen molar-refractivity contribution < 1.29 is 4.43 Å². The number of hydrogen-bond donors (Lipinski definition) is 0. The van der Waals surface area contributed by atoms with Gasteiger partial charge in [-0.15, -0.1) is 0 Å². The second-order valence-corrected chi connectivity index (χ2v) is 7.58. The second kappa shape index (κ2) is 4.79. The molecule has 78 valence electrons. The van der Waals surface area contributed by atoms with Crippen molar-refractivity contribution in [2.24, 2.45) is 0 Å². The zero-order chi connectivity index (χ0) is 10.6. The summed E-state index contributed by atoms with van der Waals surface area (Å²) in [7, 11) is 6.37. The molecule has 0 aliphatic carbocycles. The lowest BCUT2D eigenvalue weighted by atomic mass is 10.5. The van der Waals surface area contributed by atoms with Gasteiger partial charge in [0.05, 0.1) is 5.76 Å². The predicted octanol–water partition coefficient (Wildman–Crippen LogP) is 1.62. The largest absolute Gasteiger partial charge is 0.522 e. The molecular formula is C9H22N2OSi. The molecule has 0 N–H and O–H groups in total. The van der Waals surface area contributed by atoms with Crippen LogP contribution in [0.2, 0.25) is 6.55 Å². The van der Waals surface area contributed by atoms with E-state index in [1.54, 1.807) is 0 Å². The molecule has 0 aromatic rings. The minimum absolute atomic E-state index is 0.997. The van der Waals surface area contributed by atoms with Crippen LogP contribution in [0.3, 0.4) is 0 Å². The molecule has 0 saturated heterocycles. The predicted molar refractivity (Wildman–Crippen MR) is 59.5 cm³/mol. The standard InChI is InChI=1S/C9H22N2OSi/c1-8-9(2)12-13(7,10(3)4)11(5)6/h8H,1-7H3. The third-order valence-electron chi connectivity index (χ3n) is 2.42. The third-order valence-corrected chi connectivity index (χ3v) is 6.45. The van der Waals surface area contributed by atoms with Gasteiger partial charge in [-0.2, -0.15) is 0 Å². The van der Waals surface area contributed by atoms with Gasteiger partial charge in [-0.25, -0.2) is 0 Å². The summed E-state index contributed by atoms with van der Waals surface area (Å²) in [6.45, 7) is 6.17. The SMILES string of the molecule is CC=C(C)O[Si](C)(N(C)C)N(C)C. The van der Waals surface area contributed by atoms with Crippen molar-refractivity contribution >= 4 is 8.64 Å². The van der Waals surface area contributed by atoms with Gasteiger partial charge in [0.1, 0.15) is 0 Å². The van der Waals surface area contributed by atoms with Crippen molar-refractivity contribution in [1.82, 2.24) is 9.13 Å².